The first-order valence-electron chi connectivity index (χ1n) is 10.3. The molecule has 0 bridgehead atoms. The number of ether oxygens (including phenoxy) is 1. The van der Waals surface area contributed by atoms with Crippen LogP contribution >= 0.6 is 0 Å². The fourth-order valence-electron chi connectivity index (χ4n) is 2.72. The number of anilines is 1. The molecule has 0 heterocycles. The number of benzene rings is 2. The highest BCUT2D eigenvalue weighted by Crippen LogP contribution is 2.21. The van der Waals surface area contributed by atoms with Crippen LogP contribution in [0.3, 0.4) is 0 Å². The van der Waals surface area contributed by atoms with Crippen LogP contribution in [0.2, 0.25) is 0 Å². The maximum Gasteiger partial charge on any atom is 0.331 e. The van der Waals surface area contributed by atoms with E-state index in [-0.39, 0.29) is 5.91 Å². The van der Waals surface area contributed by atoms with Gasteiger partial charge in [0.2, 0.25) is 5.91 Å². The minimum atomic E-state index is -0.542. The second-order valence-electron chi connectivity index (χ2n) is 8.50. The summed E-state index contributed by atoms with van der Waals surface area (Å²) >= 11 is 0. The second kappa shape index (κ2) is 11.1. The molecule has 162 valence electrons. The van der Waals surface area contributed by atoms with Gasteiger partial charge in [0.1, 0.15) is 5.60 Å². The van der Waals surface area contributed by atoms with Gasteiger partial charge < -0.3 is 10.1 Å². The number of rotatable bonds is 7. The number of esters is 1. The third kappa shape index (κ3) is 9.30. The summed E-state index contributed by atoms with van der Waals surface area (Å²) in [6.45, 7) is 9.56. The number of carbonyl (C=O) groups excluding carboxylic acids is 2. The molecule has 0 spiro atoms. The van der Waals surface area contributed by atoms with E-state index < -0.39 is 11.6 Å². The summed E-state index contributed by atoms with van der Waals surface area (Å²) in [4.78, 5) is 24.5. The molecular formula is C27H31NO3. The van der Waals surface area contributed by atoms with Crippen molar-refractivity contribution < 1.29 is 14.3 Å². The normalized spacial score (nSPS) is 11.5. The van der Waals surface area contributed by atoms with Crippen LogP contribution in [0.5, 0.6) is 0 Å². The van der Waals surface area contributed by atoms with Crippen LogP contribution in [0.1, 0.15) is 51.3 Å². The molecule has 4 nitrogen and oxygen atoms in total. The summed E-state index contributed by atoms with van der Waals surface area (Å²) in [5, 5.41) is 2.97. The van der Waals surface area contributed by atoms with E-state index in [1.807, 2.05) is 83.1 Å². The highest BCUT2D eigenvalue weighted by Gasteiger charge is 2.14. The molecule has 0 aliphatic heterocycles. The lowest BCUT2D eigenvalue weighted by Gasteiger charge is -2.17. The Balaban J connectivity index is 2.21. The molecule has 31 heavy (non-hydrogen) atoms. The van der Waals surface area contributed by atoms with Crippen molar-refractivity contribution in [3.63, 3.8) is 0 Å². The maximum absolute atomic E-state index is 12.5. The van der Waals surface area contributed by atoms with Gasteiger partial charge in [0.15, 0.2) is 0 Å². The maximum atomic E-state index is 12.5. The first-order valence-corrected chi connectivity index (χ1v) is 10.3. The number of allylic oxidation sites excluding steroid dienone is 2. The molecule has 2 aromatic rings. The molecule has 2 rings (SSSR count). The third-order valence-corrected chi connectivity index (χ3v) is 4.17. The number of hydrogen-bond acceptors (Lipinski definition) is 3. The van der Waals surface area contributed by atoms with Gasteiger partial charge in [0.05, 0.1) is 0 Å². The molecule has 2 aromatic carbocycles. The quantitative estimate of drug-likeness (QED) is 0.331. The largest absolute Gasteiger partial charge is 0.457 e. The van der Waals surface area contributed by atoms with E-state index in [2.05, 4.69) is 11.4 Å². The number of nitrogens with one attached hydrogen (secondary N) is 1. The van der Waals surface area contributed by atoms with Crippen molar-refractivity contribution in [3.8, 4) is 0 Å². The first-order chi connectivity index (χ1) is 14.6. The van der Waals surface area contributed by atoms with Crippen molar-refractivity contribution in [3.05, 3.63) is 89.0 Å². The molecular weight excluding hydrogens is 386 g/mol. The van der Waals surface area contributed by atoms with Gasteiger partial charge in [-0.1, -0.05) is 54.1 Å². The zero-order chi connectivity index (χ0) is 22.9. The average Bonchev–Trinajstić information content (AvgIpc) is 2.69. The molecule has 0 radical (unpaired) electrons. The van der Waals surface area contributed by atoms with Gasteiger partial charge >= 0.3 is 5.97 Å². The summed E-state index contributed by atoms with van der Waals surface area (Å²) in [5.41, 5.74) is 4.13. The molecule has 0 unspecified atom stereocenters. The van der Waals surface area contributed by atoms with Gasteiger partial charge in [0, 0.05) is 17.8 Å². The summed E-state index contributed by atoms with van der Waals surface area (Å²) in [6, 6.07) is 15.4. The van der Waals surface area contributed by atoms with Crippen molar-refractivity contribution >= 4 is 29.7 Å². The van der Waals surface area contributed by atoms with Crippen LogP contribution in [0.25, 0.3) is 12.2 Å². The van der Waals surface area contributed by atoms with E-state index in [0.29, 0.717) is 12.1 Å². The lowest BCUT2D eigenvalue weighted by Crippen LogP contribution is -2.22. The van der Waals surface area contributed by atoms with Gasteiger partial charge in [0.25, 0.3) is 0 Å². The van der Waals surface area contributed by atoms with Gasteiger partial charge in [-0.25, -0.2) is 4.79 Å². The summed E-state index contributed by atoms with van der Waals surface area (Å²) in [5.74, 6) is -0.618. The predicted molar refractivity (Wildman–Crippen MR) is 129 cm³/mol. The predicted octanol–water partition coefficient (Wildman–Crippen LogP) is 6.20. The number of carbonyl (C=O) groups is 2. The van der Waals surface area contributed by atoms with E-state index in [1.54, 1.807) is 12.2 Å². The van der Waals surface area contributed by atoms with Crippen LogP contribution in [0.15, 0.2) is 72.3 Å². The van der Waals surface area contributed by atoms with Crippen LogP contribution in [-0.4, -0.2) is 17.5 Å². The second-order valence-corrected chi connectivity index (χ2v) is 8.50. The van der Waals surface area contributed by atoms with Crippen molar-refractivity contribution in [2.75, 3.05) is 5.32 Å². The van der Waals surface area contributed by atoms with Crippen molar-refractivity contribution in [2.24, 2.45) is 0 Å². The Morgan fingerprint density at radius 1 is 0.935 bits per heavy atom. The fourth-order valence-corrected chi connectivity index (χ4v) is 2.72. The van der Waals surface area contributed by atoms with E-state index in [9.17, 15) is 9.59 Å². The molecule has 1 N–H and O–H groups in total. The van der Waals surface area contributed by atoms with Crippen molar-refractivity contribution in [1.29, 1.82) is 0 Å². The monoisotopic (exact) mass is 417 g/mol. The Bertz CT molecular complexity index is 989. The van der Waals surface area contributed by atoms with E-state index in [1.165, 1.54) is 17.7 Å². The third-order valence-electron chi connectivity index (χ3n) is 4.17. The zero-order valence-electron chi connectivity index (χ0n) is 18.9. The van der Waals surface area contributed by atoms with Crippen LogP contribution in [-0.2, 0) is 20.7 Å². The van der Waals surface area contributed by atoms with E-state index >= 15 is 0 Å². The Labute approximate surface area is 185 Å². The number of amides is 1. The van der Waals surface area contributed by atoms with Gasteiger partial charge in [-0.05, 0) is 75.9 Å². The first kappa shape index (κ1) is 23.9. The number of hydrogen-bond donors (Lipinski definition) is 1. The highest BCUT2D eigenvalue weighted by atomic mass is 16.6. The summed E-state index contributed by atoms with van der Waals surface area (Å²) in [6.07, 6.45) is 9.20. The topological polar surface area (TPSA) is 55.4 Å². The molecule has 0 aromatic heterocycles. The average molecular weight is 418 g/mol. The van der Waals surface area contributed by atoms with Crippen LogP contribution < -0.4 is 5.32 Å². The molecule has 0 fully saturated rings. The molecule has 0 aliphatic rings. The highest BCUT2D eigenvalue weighted by molar-refractivity contribution is 6.02. The molecule has 1 amide bonds. The van der Waals surface area contributed by atoms with Gasteiger partial charge in [-0.15, -0.1) is 0 Å². The van der Waals surface area contributed by atoms with Crippen LogP contribution in [0.4, 0.5) is 5.69 Å². The van der Waals surface area contributed by atoms with Crippen LogP contribution in [0, 0.1) is 0 Å². The molecule has 0 aliphatic carbocycles. The zero-order valence-corrected chi connectivity index (χ0v) is 18.9. The minimum absolute atomic E-state index is 0.212. The summed E-state index contributed by atoms with van der Waals surface area (Å²) < 4.78 is 5.30. The van der Waals surface area contributed by atoms with E-state index in [4.69, 9.17) is 4.74 Å². The van der Waals surface area contributed by atoms with Crippen molar-refractivity contribution in [1.82, 2.24) is 0 Å². The minimum Gasteiger partial charge on any atom is -0.457 e. The van der Waals surface area contributed by atoms with Gasteiger partial charge in [-0.3, -0.25) is 4.79 Å². The molecule has 0 atom stereocenters. The Kier molecular flexibility index (Phi) is 8.56. The molecule has 0 saturated heterocycles. The fraction of sp³-hybridized carbons (Fsp3) is 0.259. The Morgan fingerprint density at radius 2 is 1.61 bits per heavy atom. The van der Waals surface area contributed by atoms with E-state index in [0.717, 1.165) is 16.7 Å². The Morgan fingerprint density at radius 3 is 2.26 bits per heavy atom. The Hall–Kier alpha value is -3.40. The summed E-state index contributed by atoms with van der Waals surface area (Å²) in [7, 11) is 0. The lowest BCUT2D eigenvalue weighted by atomic mass is 10.0. The molecule has 4 heteroatoms. The van der Waals surface area contributed by atoms with Crippen molar-refractivity contribution in [2.45, 2.75) is 46.6 Å². The smallest absolute Gasteiger partial charge is 0.331 e. The van der Waals surface area contributed by atoms with Gasteiger partial charge in [-0.2, -0.15) is 0 Å². The standard InChI is InChI=1S/C27H31NO3/c1-20(2)11-15-23-16-12-22(14-18-26(30)31-27(3,4)5)19-24(23)28-25(29)17-13-21-9-7-6-8-10-21/h6-14,16-19H,15H2,1-5H3,(H,28,29)/b17-13+,18-14+. The lowest BCUT2D eigenvalue weighted by molar-refractivity contribution is -0.148. The SMILES string of the molecule is CC(C)=CCc1ccc(/C=C/C(=O)OC(C)(C)C)cc1NC(=O)/C=C/c1ccccc1. The molecule has 0 saturated carbocycles.